The maximum atomic E-state index is 13.8. The van der Waals surface area contributed by atoms with E-state index in [0.29, 0.717) is 11.5 Å². The number of halogens is 2. The van der Waals surface area contributed by atoms with Crippen LogP contribution in [-0.2, 0) is 6.42 Å². The lowest BCUT2D eigenvalue weighted by Gasteiger charge is -2.62. The molecule has 0 N–H and O–H groups in total. The zero-order valence-corrected chi connectivity index (χ0v) is 17.9. The number of nitrogens with zero attached hydrogens (tertiary/aromatic N) is 3. The van der Waals surface area contributed by atoms with E-state index in [9.17, 15) is 4.39 Å². The molecule has 0 unspecified atom stereocenters. The van der Waals surface area contributed by atoms with Crippen LogP contribution in [0.2, 0.25) is 5.02 Å². The lowest BCUT2D eigenvalue weighted by Crippen LogP contribution is -2.66. The first kappa shape index (κ1) is 19.4. The van der Waals surface area contributed by atoms with Gasteiger partial charge in [-0.05, 0) is 54.8 Å². The van der Waals surface area contributed by atoms with E-state index >= 15 is 0 Å². The second-order valence-corrected chi connectivity index (χ2v) is 9.33. The summed E-state index contributed by atoms with van der Waals surface area (Å²) in [6.07, 6.45) is 5.02. The molecule has 1 aliphatic heterocycles. The third-order valence-corrected chi connectivity index (χ3v) is 7.03. The van der Waals surface area contributed by atoms with Crippen molar-refractivity contribution >= 4 is 28.2 Å². The van der Waals surface area contributed by atoms with Crippen molar-refractivity contribution in [1.29, 1.82) is 0 Å². The lowest BCUT2D eigenvalue weighted by molar-refractivity contribution is 0.00389. The van der Waals surface area contributed by atoms with Crippen LogP contribution in [0.5, 0.6) is 0 Å². The fourth-order valence-electron chi connectivity index (χ4n) is 5.01. The number of fused-ring (bicyclic) bond motifs is 1. The lowest BCUT2D eigenvalue weighted by atomic mass is 9.60. The van der Waals surface area contributed by atoms with E-state index in [4.69, 9.17) is 11.6 Å². The Morgan fingerprint density at radius 1 is 1.20 bits per heavy atom. The first-order valence-electron chi connectivity index (χ1n) is 10.4. The summed E-state index contributed by atoms with van der Waals surface area (Å²) in [5, 5.41) is 1.66. The van der Waals surface area contributed by atoms with Crippen LogP contribution in [0.1, 0.15) is 18.4 Å². The van der Waals surface area contributed by atoms with E-state index in [2.05, 4.69) is 40.5 Å². The Balaban J connectivity index is 1.19. The molecule has 2 heterocycles. The second kappa shape index (κ2) is 7.28. The van der Waals surface area contributed by atoms with E-state index in [1.54, 1.807) is 12.1 Å². The molecule has 5 heteroatoms. The van der Waals surface area contributed by atoms with Crippen molar-refractivity contribution in [3.63, 3.8) is 0 Å². The standard InChI is InChI=1S/C25H25ClFN3/c1-17(11-18-3-5-19(26)6-4-18)29(2)21-13-25(14-21)15-30(16-25)24-9-10-28-23-8-7-20(27)12-22(23)24/h3-10,12,21H,1,11,13-16H2,2H3. The molecule has 154 valence electrons. The predicted molar refractivity (Wildman–Crippen MR) is 121 cm³/mol. The van der Waals surface area contributed by atoms with Gasteiger partial charge in [0, 0.05) is 66.0 Å². The van der Waals surface area contributed by atoms with Crippen LogP contribution in [0.3, 0.4) is 0 Å². The molecule has 0 atom stereocenters. The zero-order chi connectivity index (χ0) is 20.9. The van der Waals surface area contributed by atoms with Crippen molar-refractivity contribution in [3.8, 4) is 0 Å². The molecule has 1 aliphatic carbocycles. The molecular weight excluding hydrogens is 397 g/mol. The van der Waals surface area contributed by atoms with Crippen molar-refractivity contribution in [2.24, 2.45) is 5.41 Å². The molecule has 0 amide bonds. The summed E-state index contributed by atoms with van der Waals surface area (Å²) < 4.78 is 13.8. The highest BCUT2D eigenvalue weighted by molar-refractivity contribution is 6.30. The number of hydrogen-bond donors (Lipinski definition) is 0. The van der Waals surface area contributed by atoms with Crippen LogP contribution in [0, 0.1) is 11.2 Å². The average molecular weight is 422 g/mol. The highest BCUT2D eigenvalue weighted by atomic mass is 35.5. The Labute approximate surface area is 181 Å². The van der Waals surface area contributed by atoms with Crippen LogP contribution < -0.4 is 4.90 Å². The van der Waals surface area contributed by atoms with E-state index < -0.39 is 0 Å². The first-order chi connectivity index (χ1) is 14.4. The summed E-state index contributed by atoms with van der Waals surface area (Å²) in [6.45, 7) is 6.36. The van der Waals surface area contributed by atoms with Crippen molar-refractivity contribution < 1.29 is 4.39 Å². The normalized spacial score (nSPS) is 17.6. The van der Waals surface area contributed by atoms with Gasteiger partial charge in [-0.15, -0.1) is 0 Å². The van der Waals surface area contributed by atoms with Gasteiger partial charge in [0.25, 0.3) is 0 Å². The molecule has 5 rings (SSSR count). The molecule has 1 aromatic heterocycles. The maximum absolute atomic E-state index is 13.8. The number of likely N-dealkylation sites (N-methyl/N-ethyl adjacent to an activating group) is 1. The fourth-order valence-corrected chi connectivity index (χ4v) is 5.13. The van der Waals surface area contributed by atoms with Crippen LogP contribution in [0.4, 0.5) is 10.1 Å². The van der Waals surface area contributed by atoms with Gasteiger partial charge in [0.05, 0.1) is 5.52 Å². The molecular formula is C25H25ClFN3. The number of anilines is 1. The summed E-state index contributed by atoms with van der Waals surface area (Å²) in [5.74, 6) is -0.212. The van der Waals surface area contributed by atoms with Gasteiger partial charge in [-0.25, -0.2) is 4.39 Å². The SMILES string of the molecule is C=C(Cc1ccc(Cl)cc1)N(C)C1CC2(C1)CN(c1ccnc3ccc(F)cc13)C2. The van der Waals surface area contributed by atoms with Crippen molar-refractivity contribution in [2.75, 3.05) is 25.0 Å². The Morgan fingerprint density at radius 3 is 2.67 bits per heavy atom. The minimum atomic E-state index is -0.212. The van der Waals surface area contributed by atoms with Crippen LogP contribution >= 0.6 is 11.6 Å². The third kappa shape index (κ3) is 3.43. The Bertz CT molecular complexity index is 1100. The largest absolute Gasteiger partial charge is 0.375 e. The number of benzene rings is 2. The van der Waals surface area contributed by atoms with Gasteiger partial charge in [-0.3, -0.25) is 4.98 Å². The van der Waals surface area contributed by atoms with Gasteiger partial charge in [-0.2, -0.15) is 0 Å². The molecule has 0 bridgehead atoms. The number of rotatable bonds is 5. The molecule has 3 nitrogen and oxygen atoms in total. The Kier molecular flexibility index (Phi) is 4.70. The smallest absolute Gasteiger partial charge is 0.124 e. The van der Waals surface area contributed by atoms with Crippen LogP contribution in [0.25, 0.3) is 10.9 Å². The minimum absolute atomic E-state index is 0.212. The van der Waals surface area contributed by atoms with E-state index in [0.717, 1.165) is 46.8 Å². The van der Waals surface area contributed by atoms with Gasteiger partial charge in [0.1, 0.15) is 5.82 Å². The average Bonchev–Trinajstić information content (AvgIpc) is 2.67. The third-order valence-electron chi connectivity index (χ3n) is 6.78. The molecule has 1 saturated heterocycles. The fraction of sp³-hybridized carbons (Fsp3) is 0.320. The van der Waals surface area contributed by atoms with E-state index in [-0.39, 0.29) is 5.82 Å². The van der Waals surface area contributed by atoms with Crippen LogP contribution in [-0.4, -0.2) is 36.1 Å². The number of aromatic nitrogens is 1. The molecule has 30 heavy (non-hydrogen) atoms. The van der Waals surface area contributed by atoms with Gasteiger partial charge in [-0.1, -0.05) is 30.3 Å². The van der Waals surface area contributed by atoms with Gasteiger partial charge >= 0.3 is 0 Å². The second-order valence-electron chi connectivity index (χ2n) is 8.89. The highest BCUT2D eigenvalue weighted by Gasteiger charge is 2.53. The maximum Gasteiger partial charge on any atom is 0.124 e. The van der Waals surface area contributed by atoms with Crippen molar-refractivity contribution in [3.05, 3.63) is 83.4 Å². The van der Waals surface area contributed by atoms with Crippen molar-refractivity contribution in [2.45, 2.75) is 25.3 Å². The highest BCUT2D eigenvalue weighted by Crippen LogP contribution is 2.52. The number of pyridine rings is 1. The number of allylic oxidation sites excluding steroid dienone is 1. The monoisotopic (exact) mass is 421 g/mol. The van der Waals surface area contributed by atoms with Gasteiger partial charge in [0.2, 0.25) is 0 Å². The summed E-state index contributed by atoms with van der Waals surface area (Å²) in [6, 6.07) is 15.4. The Hall–Kier alpha value is -2.59. The zero-order valence-electron chi connectivity index (χ0n) is 17.1. The van der Waals surface area contributed by atoms with Crippen molar-refractivity contribution in [1.82, 2.24) is 9.88 Å². The van der Waals surface area contributed by atoms with E-state index in [1.165, 1.54) is 24.5 Å². The summed E-state index contributed by atoms with van der Waals surface area (Å²) in [5.41, 5.74) is 4.69. The minimum Gasteiger partial charge on any atom is -0.375 e. The summed E-state index contributed by atoms with van der Waals surface area (Å²) in [7, 11) is 2.16. The first-order valence-corrected chi connectivity index (χ1v) is 10.7. The summed E-state index contributed by atoms with van der Waals surface area (Å²) >= 11 is 5.98. The molecule has 2 aliphatic rings. The van der Waals surface area contributed by atoms with E-state index in [1.807, 2.05) is 24.4 Å². The topological polar surface area (TPSA) is 19.4 Å². The van der Waals surface area contributed by atoms with Crippen LogP contribution in [0.15, 0.2) is 67.0 Å². The predicted octanol–water partition coefficient (Wildman–Crippen LogP) is 5.68. The molecule has 1 spiro atoms. The quantitative estimate of drug-likeness (QED) is 0.528. The molecule has 2 aromatic carbocycles. The number of hydrogen-bond acceptors (Lipinski definition) is 3. The molecule has 0 radical (unpaired) electrons. The van der Waals surface area contributed by atoms with Gasteiger partial charge in [0.15, 0.2) is 0 Å². The molecule has 3 aromatic rings. The summed E-state index contributed by atoms with van der Waals surface area (Å²) in [4.78, 5) is 9.08. The molecule has 1 saturated carbocycles. The molecule has 2 fully saturated rings. The Morgan fingerprint density at radius 2 is 1.93 bits per heavy atom. The van der Waals surface area contributed by atoms with Gasteiger partial charge < -0.3 is 9.80 Å².